The number of amides is 2. The monoisotopic (exact) mass is 417 g/mol. The smallest absolute Gasteiger partial charge is 0.261 e. The molecule has 154 valence electrons. The molecule has 1 heterocycles. The molecule has 2 aromatic carbocycles. The first-order valence-electron chi connectivity index (χ1n) is 9.19. The van der Waals surface area contributed by atoms with Crippen LogP contribution in [0.3, 0.4) is 0 Å². The van der Waals surface area contributed by atoms with Gasteiger partial charge in [0.05, 0.1) is 10.6 Å². The molecule has 1 aliphatic heterocycles. The molecule has 0 bridgehead atoms. The van der Waals surface area contributed by atoms with E-state index in [4.69, 9.17) is 4.74 Å². The van der Waals surface area contributed by atoms with Gasteiger partial charge in [0.2, 0.25) is 5.91 Å². The van der Waals surface area contributed by atoms with Gasteiger partial charge in [0.1, 0.15) is 6.61 Å². The SMILES string of the molecule is CCC(=O)Nc1ccc(S(=O)(=O)Nc2ccc3c(c2)N(C(=O)COC)CC3)cc1. The number of hydrogen-bond donors (Lipinski definition) is 2. The van der Waals surface area contributed by atoms with Crippen LogP contribution in [0.1, 0.15) is 18.9 Å². The van der Waals surface area contributed by atoms with Gasteiger partial charge in [-0.15, -0.1) is 0 Å². The molecule has 0 atom stereocenters. The summed E-state index contributed by atoms with van der Waals surface area (Å²) in [5.74, 6) is -0.319. The third-order valence-electron chi connectivity index (χ3n) is 4.57. The molecule has 0 spiro atoms. The fourth-order valence-electron chi connectivity index (χ4n) is 3.08. The molecule has 1 aliphatic rings. The molecule has 2 aromatic rings. The number of sulfonamides is 1. The number of benzene rings is 2. The van der Waals surface area contributed by atoms with Gasteiger partial charge in [-0.3, -0.25) is 14.3 Å². The molecular weight excluding hydrogens is 394 g/mol. The van der Waals surface area contributed by atoms with Gasteiger partial charge in [-0.05, 0) is 48.4 Å². The van der Waals surface area contributed by atoms with Crippen molar-refractivity contribution in [3.8, 4) is 0 Å². The normalized spacial score (nSPS) is 13.1. The number of methoxy groups -OCH3 is 1. The lowest BCUT2D eigenvalue weighted by molar-refractivity contribution is -0.122. The van der Waals surface area contributed by atoms with Crippen LogP contribution in [0, 0.1) is 0 Å². The summed E-state index contributed by atoms with van der Waals surface area (Å²) in [6, 6.07) is 11.1. The van der Waals surface area contributed by atoms with Crippen LogP contribution >= 0.6 is 0 Å². The highest BCUT2D eigenvalue weighted by Crippen LogP contribution is 2.32. The lowest BCUT2D eigenvalue weighted by Gasteiger charge is -2.18. The molecule has 8 nitrogen and oxygen atoms in total. The second-order valence-corrected chi connectivity index (χ2v) is 8.29. The van der Waals surface area contributed by atoms with E-state index >= 15 is 0 Å². The Bertz CT molecular complexity index is 1020. The summed E-state index contributed by atoms with van der Waals surface area (Å²) in [6.07, 6.45) is 1.05. The summed E-state index contributed by atoms with van der Waals surface area (Å²) in [5.41, 5.74) is 2.56. The Hall–Kier alpha value is -2.91. The Balaban J connectivity index is 1.78. The van der Waals surface area contributed by atoms with E-state index in [9.17, 15) is 18.0 Å². The molecule has 0 aliphatic carbocycles. The van der Waals surface area contributed by atoms with Crippen LogP contribution in [0.4, 0.5) is 17.1 Å². The van der Waals surface area contributed by atoms with Crippen molar-refractivity contribution in [1.29, 1.82) is 0 Å². The number of fused-ring (bicyclic) bond motifs is 1. The van der Waals surface area contributed by atoms with E-state index in [0.29, 0.717) is 36.4 Å². The van der Waals surface area contributed by atoms with E-state index in [1.54, 1.807) is 24.0 Å². The van der Waals surface area contributed by atoms with E-state index in [2.05, 4.69) is 10.0 Å². The van der Waals surface area contributed by atoms with E-state index in [0.717, 1.165) is 5.56 Å². The fraction of sp³-hybridized carbons (Fsp3) is 0.300. The van der Waals surface area contributed by atoms with Gasteiger partial charge in [0.25, 0.3) is 15.9 Å². The number of carbonyl (C=O) groups is 2. The van der Waals surface area contributed by atoms with Gasteiger partial charge >= 0.3 is 0 Å². The van der Waals surface area contributed by atoms with Gasteiger partial charge in [-0.25, -0.2) is 8.42 Å². The van der Waals surface area contributed by atoms with Gasteiger partial charge in [-0.2, -0.15) is 0 Å². The minimum Gasteiger partial charge on any atom is -0.375 e. The minimum atomic E-state index is -3.82. The predicted octanol–water partition coefficient (Wildman–Crippen LogP) is 2.37. The maximum atomic E-state index is 12.7. The zero-order valence-corrected chi connectivity index (χ0v) is 17.1. The van der Waals surface area contributed by atoms with Crippen LogP contribution in [-0.2, 0) is 30.8 Å². The molecule has 0 radical (unpaired) electrons. The molecule has 0 unspecified atom stereocenters. The molecule has 0 saturated carbocycles. The molecule has 29 heavy (non-hydrogen) atoms. The molecule has 2 N–H and O–H groups in total. The molecule has 0 saturated heterocycles. The highest BCUT2D eigenvalue weighted by molar-refractivity contribution is 7.92. The van der Waals surface area contributed by atoms with E-state index in [-0.39, 0.29) is 23.3 Å². The molecule has 0 aromatic heterocycles. The van der Waals surface area contributed by atoms with Crippen molar-refractivity contribution in [2.45, 2.75) is 24.7 Å². The van der Waals surface area contributed by atoms with Crippen LogP contribution in [0.5, 0.6) is 0 Å². The topological polar surface area (TPSA) is 105 Å². The summed E-state index contributed by atoms with van der Waals surface area (Å²) in [6.45, 7) is 2.24. The van der Waals surface area contributed by atoms with Crippen molar-refractivity contribution in [3.63, 3.8) is 0 Å². The number of carbonyl (C=O) groups excluding carboxylic acids is 2. The average Bonchev–Trinajstić information content (AvgIpc) is 3.11. The Morgan fingerprint density at radius 2 is 1.79 bits per heavy atom. The van der Waals surface area contributed by atoms with Gasteiger partial charge < -0.3 is 15.0 Å². The minimum absolute atomic E-state index is 0.0314. The predicted molar refractivity (Wildman–Crippen MR) is 111 cm³/mol. The summed E-state index contributed by atoms with van der Waals surface area (Å²) < 4.78 is 32.9. The summed E-state index contributed by atoms with van der Waals surface area (Å²) >= 11 is 0. The Kier molecular flexibility index (Phi) is 6.19. The number of hydrogen-bond acceptors (Lipinski definition) is 5. The standard InChI is InChI=1S/C20H23N3O5S/c1-3-19(24)21-15-6-8-17(9-7-15)29(26,27)22-16-5-4-14-10-11-23(18(14)12-16)20(25)13-28-2/h4-9,12,22H,3,10-11,13H2,1-2H3,(H,21,24). The lowest BCUT2D eigenvalue weighted by atomic mass is 10.1. The quantitative estimate of drug-likeness (QED) is 0.720. The molecular formula is C20H23N3O5S. The molecule has 2 amide bonds. The van der Waals surface area contributed by atoms with Crippen LogP contribution in [0.15, 0.2) is 47.4 Å². The first kappa shape index (κ1) is 20.8. The van der Waals surface area contributed by atoms with Crippen molar-refractivity contribution in [2.24, 2.45) is 0 Å². The Labute approximate surface area is 169 Å². The van der Waals surface area contributed by atoms with E-state index in [1.165, 1.54) is 31.4 Å². The second kappa shape index (κ2) is 8.62. The van der Waals surface area contributed by atoms with Gasteiger partial charge in [-0.1, -0.05) is 13.0 Å². The first-order chi connectivity index (χ1) is 13.8. The molecule has 3 rings (SSSR count). The summed E-state index contributed by atoms with van der Waals surface area (Å²) in [7, 11) is -2.36. The number of rotatable bonds is 7. The van der Waals surface area contributed by atoms with Crippen LogP contribution in [0.25, 0.3) is 0 Å². The summed E-state index contributed by atoms with van der Waals surface area (Å²) in [4.78, 5) is 25.3. The van der Waals surface area contributed by atoms with E-state index < -0.39 is 10.0 Å². The number of ether oxygens (including phenoxy) is 1. The third kappa shape index (κ3) is 4.75. The second-order valence-electron chi connectivity index (χ2n) is 6.60. The first-order valence-corrected chi connectivity index (χ1v) is 10.7. The Morgan fingerprint density at radius 1 is 1.10 bits per heavy atom. The van der Waals surface area contributed by atoms with Crippen molar-refractivity contribution < 1.29 is 22.7 Å². The number of anilines is 3. The fourth-order valence-corrected chi connectivity index (χ4v) is 4.13. The third-order valence-corrected chi connectivity index (χ3v) is 5.97. The largest absolute Gasteiger partial charge is 0.375 e. The number of nitrogens with one attached hydrogen (secondary N) is 2. The highest BCUT2D eigenvalue weighted by Gasteiger charge is 2.25. The van der Waals surface area contributed by atoms with Crippen molar-refractivity contribution >= 4 is 38.9 Å². The zero-order chi connectivity index (χ0) is 21.0. The van der Waals surface area contributed by atoms with Crippen LogP contribution < -0.4 is 14.9 Å². The van der Waals surface area contributed by atoms with Crippen LogP contribution in [0.2, 0.25) is 0 Å². The highest BCUT2D eigenvalue weighted by atomic mass is 32.2. The summed E-state index contributed by atoms with van der Waals surface area (Å²) in [5, 5.41) is 2.67. The van der Waals surface area contributed by atoms with E-state index in [1.807, 2.05) is 6.07 Å². The lowest BCUT2D eigenvalue weighted by Crippen LogP contribution is -2.32. The van der Waals surface area contributed by atoms with Crippen molar-refractivity contribution in [2.75, 3.05) is 35.2 Å². The Morgan fingerprint density at radius 3 is 2.45 bits per heavy atom. The molecule has 9 heteroatoms. The van der Waals surface area contributed by atoms with Crippen LogP contribution in [-0.4, -0.2) is 40.5 Å². The van der Waals surface area contributed by atoms with Crippen molar-refractivity contribution in [1.82, 2.24) is 0 Å². The maximum absolute atomic E-state index is 12.7. The zero-order valence-electron chi connectivity index (χ0n) is 16.3. The maximum Gasteiger partial charge on any atom is 0.261 e. The van der Waals surface area contributed by atoms with Crippen molar-refractivity contribution in [3.05, 3.63) is 48.0 Å². The van der Waals surface area contributed by atoms with Gasteiger partial charge in [0.15, 0.2) is 0 Å². The molecule has 0 fully saturated rings. The average molecular weight is 417 g/mol. The number of nitrogens with zero attached hydrogens (tertiary/aromatic N) is 1. The van der Waals surface area contributed by atoms with Gasteiger partial charge in [0, 0.05) is 31.5 Å².